The van der Waals surface area contributed by atoms with Gasteiger partial charge in [0.05, 0.1) is 33.0 Å². The predicted molar refractivity (Wildman–Crippen MR) is 90.3 cm³/mol. The van der Waals surface area contributed by atoms with Crippen LogP contribution in [-0.2, 0) is 18.9 Å². The molecule has 0 aromatic rings. The highest BCUT2D eigenvalue weighted by Crippen LogP contribution is 2.20. The zero-order chi connectivity index (χ0) is 16.5. The van der Waals surface area contributed by atoms with E-state index in [1.165, 1.54) is 6.42 Å². The number of unbranched alkanes of at least 4 members (excludes halogenated alkanes) is 1. The first-order chi connectivity index (χ1) is 10.6. The SMILES string of the molecule is CC(C)(C)CCCOCCOCCCCOCCOCCN. The average Bonchev–Trinajstić information content (AvgIpc) is 2.45. The van der Waals surface area contributed by atoms with Gasteiger partial charge in [-0.3, -0.25) is 0 Å². The van der Waals surface area contributed by atoms with Crippen LogP contribution >= 0.6 is 0 Å². The molecule has 0 aromatic heterocycles. The molecule has 0 amide bonds. The summed E-state index contributed by atoms with van der Waals surface area (Å²) >= 11 is 0. The molecular formula is C17H37NO4. The predicted octanol–water partition coefficient (Wildman–Crippen LogP) is 2.62. The first kappa shape index (κ1) is 21.8. The molecule has 0 aromatic carbocycles. The minimum Gasteiger partial charge on any atom is -0.379 e. The fraction of sp³-hybridized carbons (Fsp3) is 1.00. The van der Waals surface area contributed by atoms with Gasteiger partial charge in [-0.25, -0.2) is 0 Å². The molecule has 0 heterocycles. The molecule has 0 bridgehead atoms. The Labute approximate surface area is 136 Å². The van der Waals surface area contributed by atoms with Crippen molar-refractivity contribution in [2.75, 3.05) is 59.4 Å². The van der Waals surface area contributed by atoms with Crippen LogP contribution in [0.1, 0.15) is 46.5 Å². The van der Waals surface area contributed by atoms with Crippen LogP contribution in [0.3, 0.4) is 0 Å². The van der Waals surface area contributed by atoms with Crippen molar-refractivity contribution in [1.29, 1.82) is 0 Å². The number of ether oxygens (including phenoxy) is 4. The van der Waals surface area contributed by atoms with Gasteiger partial charge < -0.3 is 24.7 Å². The summed E-state index contributed by atoms with van der Waals surface area (Å²) in [6.45, 7) is 13.0. The molecule has 0 rings (SSSR count). The van der Waals surface area contributed by atoms with Crippen molar-refractivity contribution in [3.05, 3.63) is 0 Å². The van der Waals surface area contributed by atoms with E-state index in [9.17, 15) is 0 Å². The molecule has 0 aliphatic carbocycles. The van der Waals surface area contributed by atoms with E-state index in [-0.39, 0.29) is 0 Å². The summed E-state index contributed by atoms with van der Waals surface area (Å²) in [6, 6.07) is 0. The average molecular weight is 319 g/mol. The van der Waals surface area contributed by atoms with Gasteiger partial charge in [0.25, 0.3) is 0 Å². The molecule has 0 fully saturated rings. The van der Waals surface area contributed by atoms with E-state index in [4.69, 9.17) is 24.7 Å². The summed E-state index contributed by atoms with van der Waals surface area (Å²) in [5.74, 6) is 0. The molecule has 0 aliphatic heterocycles. The third-order valence-electron chi connectivity index (χ3n) is 3.05. The van der Waals surface area contributed by atoms with Gasteiger partial charge in [-0.15, -0.1) is 0 Å². The Hall–Kier alpha value is -0.200. The van der Waals surface area contributed by atoms with Crippen LogP contribution < -0.4 is 5.73 Å². The van der Waals surface area contributed by atoms with E-state index >= 15 is 0 Å². The molecule has 2 N–H and O–H groups in total. The lowest BCUT2D eigenvalue weighted by Crippen LogP contribution is -2.12. The van der Waals surface area contributed by atoms with Crippen molar-refractivity contribution < 1.29 is 18.9 Å². The Morgan fingerprint density at radius 3 is 1.41 bits per heavy atom. The van der Waals surface area contributed by atoms with Crippen LogP contribution in [0, 0.1) is 5.41 Å². The molecule has 0 saturated carbocycles. The zero-order valence-corrected chi connectivity index (χ0v) is 14.9. The fourth-order valence-electron chi connectivity index (χ4n) is 1.84. The van der Waals surface area contributed by atoms with Gasteiger partial charge in [0.1, 0.15) is 0 Å². The van der Waals surface area contributed by atoms with Gasteiger partial charge in [-0.1, -0.05) is 20.8 Å². The fourth-order valence-corrected chi connectivity index (χ4v) is 1.84. The number of nitrogens with two attached hydrogens (primary N) is 1. The lowest BCUT2D eigenvalue weighted by Gasteiger charge is -2.17. The zero-order valence-electron chi connectivity index (χ0n) is 14.9. The molecule has 0 spiro atoms. The van der Waals surface area contributed by atoms with Gasteiger partial charge >= 0.3 is 0 Å². The Kier molecular flexibility index (Phi) is 15.5. The van der Waals surface area contributed by atoms with Gasteiger partial charge in [0, 0.05) is 26.4 Å². The molecule has 0 unspecified atom stereocenters. The molecule has 22 heavy (non-hydrogen) atoms. The lowest BCUT2D eigenvalue weighted by molar-refractivity contribution is 0.0332. The highest BCUT2D eigenvalue weighted by molar-refractivity contribution is 4.60. The molecular weight excluding hydrogens is 282 g/mol. The topological polar surface area (TPSA) is 62.9 Å². The third-order valence-corrected chi connectivity index (χ3v) is 3.05. The maximum Gasteiger partial charge on any atom is 0.0701 e. The molecule has 134 valence electrons. The summed E-state index contributed by atoms with van der Waals surface area (Å²) in [7, 11) is 0. The largest absolute Gasteiger partial charge is 0.379 e. The highest BCUT2D eigenvalue weighted by Gasteiger charge is 2.08. The van der Waals surface area contributed by atoms with Crippen LogP contribution in [0.15, 0.2) is 0 Å². The van der Waals surface area contributed by atoms with Crippen LogP contribution in [0.4, 0.5) is 0 Å². The minimum absolute atomic E-state index is 0.401. The van der Waals surface area contributed by atoms with E-state index < -0.39 is 0 Å². The molecule has 5 nitrogen and oxygen atoms in total. The summed E-state index contributed by atoms with van der Waals surface area (Å²) in [6.07, 6.45) is 4.36. The molecule has 0 aliphatic rings. The minimum atomic E-state index is 0.401. The second-order valence-corrected chi connectivity index (χ2v) is 6.61. The number of hydrogen-bond donors (Lipinski definition) is 1. The van der Waals surface area contributed by atoms with Crippen LogP contribution in [0.5, 0.6) is 0 Å². The summed E-state index contributed by atoms with van der Waals surface area (Å²) in [5.41, 5.74) is 5.71. The molecule has 5 heteroatoms. The maximum absolute atomic E-state index is 5.55. The Bertz CT molecular complexity index is 219. The van der Waals surface area contributed by atoms with Gasteiger partial charge in [0.15, 0.2) is 0 Å². The Morgan fingerprint density at radius 1 is 0.591 bits per heavy atom. The highest BCUT2D eigenvalue weighted by atomic mass is 16.5. The molecule has 0 atom stereocenters. The van der Waals surface area contributed by atoms with Crippen molar-refractivity contribution in [2.24, 2.45) is 11.1 Å². The van der Waals surface area contributed by atoms with E-state index in [0.717, 1.165) is 39.1 Å². The van der Waals surface area contributed by atoms with E-state index in [2.05, 4.69) is 20.8 Å². The van der Waals surface area contributed by atoms with Crippen molar-refractivity contribution in [3.63, 3.8) is 0 Å². The van der Waals surface area contributed by atoms with Crippen molar-refractivity contribution in [1.82, 2.24) is 0 Å². The molecule has 0 saturated heterocycles. The smallest absolute Gasteiger partial charge is 0.0701 e. The summed E-state index contributed by atoms with van der Waals surface area (Å²) in [5, 5.41) is 0. The van der Waals surface area contributed by atoms with Gasteiger partial charge in [-0.2, -0.15) is 0 Å². The standard InChI is InChI=1S/C17H37NO4/c1-17(2,3)7-6-11-21-14-13-19-9-4-5-10-20-15-16-22-12-8-18/h4-16,18H2,1-3H3. The second kappa shape index (κ2) is 15.7. The summed E-state index contributed by atoms with van der Waals surface area (Å²) < 4.78 is 21.7. The van der Waals surface area contributed by atoms with Crippen LogP contribution in [-0.4, -0.2) is 59.4 Å². The Morgan fingerprint density at radius 2 is 1.00 bits per heavy atom. The Balaban J connectivity index is 3.00. The van der Waals surface area contributed by atoms with E-state index in [0.29, 0.717) is 45.0 Å². The number of hydrogen-bond acceptors (Lipinski definition) is 5. The summed E-state index contributed by atoms with van der Waals surface area (Å²) in [4.78, 5) is 0. The van der Waals surface area contributed by atoms with Gasteiger partial charge in [-0.05, 0) is 31.1 Å². The quantitative estimate of drug-likeness (QED) is 0.443. The van der Waals surface area contributed by atoms with Crippen molar-refractivity contribution >= 4 is 0 Å². The number of rotatable bonds is 16. The monoisotopic (exact) mass is 319 g/mol. The first-order valence-electron chi connectivity index (χ1n) is 8.57. The maximum atomic E-state index is 5.55. The van der Waals surface area contributed by atoms with Crippen LogP contribution in [0.2, 0.25) is 0 Å². The van der Waals surface area contributed by atoms with Crippen molar-refractivity contribution in [3.8, 4) is 0 Å². The van der Waals surface area contributed by atoms with Crippen LogP contribution in [0.25, 0.3) is 0 Å². The first-order valence-corrected chi connectivity index (χ1v) is 8.57. The van der Waals surface area contributed by atoms with Crippen molar-refractivity contribution in [2.45, 2.75) is 46.5 Å². The van der Waals surface area contributed by atoms with E-state index in [1.54, 1.807) is 0 Å². The van der Waals surface area contributed by atoms with Gasteiger partial charge in [0.2, 0.25) is 0 Å². The molecule has 0 radical (unpaired) electrons. The normalized spacial score (nSPS) is 12.0. The van der Waals surface area contributed by atoms with E-state index in [1.807, 2.05) is 0 Å². The second-order valence-electron chi connectivity index (χ2n) is 6.61. The third kappa shape index (κ3) is 19.8. The lowest BCUT2D eigenvalue weighted by atomic mass is 9.91.